The molecular weight excluding hydrogens is 442 g/mol. The monoisotopic (exact) mass is 461 g/mol. The number of nitrogens with two attached hydrogens (primary N) is 2. The average Bonchev–Trinajstić information content (AvgIpc) is 3.48. The van der Waals surface area contributed by atoms with E-state index in [1.165, 1.54) is 11.3 Å². The number of benzene rings is 2. The van der Waals surface area contributed by atoms with E-state index in [9.17, 15) is 9.59 Å². The first-order chi connectivity index (χ1) is 15.5. The highest BCUT2D eigenvalue weighted by atomic mass is 32.2. The van der Waals surface area contributed by atoms with Gasteiger partial charge in [0.05, 0.1) is 16.3 Å². The summed E-state index contributed by atoms with van der Waals surface area (Å²) in [4.78, 5) is 26.2. The number of amides is 2. The van der Waals surface area contributed by atoms with Gasteiger partial charge in [0.15, 0.2) is 5.69 Å². The van der Waals surface area contributed by atoms with E-state index >= 15 is 0 Å². The topological polar surface area (TPSA) is 116 Å². The maximum Gasteiger partial charge on any atom is 0.269 e. The number of hydrogen-bond acceptors (Lipinski definition) is 6. The molecule has 0 radical (unpaired) electrons. The van der Waals surface area contributed by atoms with Crippen LogP contribution in [0, 0.1) is 0 Å². The second-order valence-electron chi connectivity index (χ2n) is 7.37. The van der Waals surface area contributed by atoms with Crippen molar-refractivity contribution in [2.75, 3.05) is 5.32 Å². The predicted molar refractivity (Wildman–Crippen MR) is 127 cm³/mol. The third-order valence-corrected chi connectivity index (χ3v) is 6.86. The van der Waals surface area contributed by atoms with Gasteiger partial charge in [0.1, 0.15) is 0 Å². The Hall–Kier alpha value is -3.40. The molecule has 0 unspecified atom stereocenters. The first kappa shape index (κ1) is 20.5. The van der Waals surface area contributed by atoms with Crippen molar-refractivity contribution >= 4 is 40.8 Å². The minimum absolute atomic E-state index is 0.155. The number of aryl methyl sites for hydroxylation is 1. The average molecular weight is 462 g/mol. The van der Waals surface area contributed by atoms with Gasteiger partial charge >= 0.3 is 0 Å². The molecule has 0 aliphatic heterocycles. The normalized spacial score (nSPS) is 12.2. The maximum atomic E-state index is 12.5. The van der Waals surface area contributed by atoms with Gasteiger partial charge in [-0.05, 0) is 78.2 Å². The Kier molecular flexibility index (Phi) is 5.30. The smallest absolute Gasteiger partial charge is 0.269 e. The van der Waals surface area contributed by atoms with E-state index in [2.05, 4.69) is 10.4 Å². The molecule has 2 amide bonds. The molecule has 0 saturated carbocycles. The summed E-state index contributed by atoms with van der Waals surface area (Å²) in [6, 6.07) is 17.1. The standard InChI is InChI=1S/C23H19N5O2S2/c24-22(29)20-17-10-4-13-3-5-14(26-23(30)19-2-1-11-31-19)12-18(13)21(17)28(27-20)15-6-8-16(32-25)9-7-15/h1-3,5-9,11-12H,4,10,25H2,(H2,24,29)(H,26,30). The van der Waals surface area contributed by atoms with Gasteiger partial charge in [-0.1, -0.05) is 12.1 Å². The van der Waals surface area contributed by atoms with Gasteiger partial charge in [0.25, 0.3) is 11.8 Å². The number of primary amides is 1. The van der Waals surface area contributed by atoms with Crippen LogP contribution in [0.5, 0.6) is 0 Å². The molecule has 1 aliphatic carbocycles. The molecule has 2 aromatic carbocycles. The lowest BCUT2D eigenvalue weighted by Gasteiger charge is -2.20. The van der Waals surface area contributed by atoms with Crippen molar-refractivity contribution in [1.82, 2.24) is 9.78 Å². The molecule has 5 N–H and O–H groups in total. The molecule has 1 aliphatic rings. The second kappa shape index (κ2) is 8.27. The first-order valence-corrected chi connectivity index (χ1v) is 11.7. The summed E-state index contributed by atoms with van der Waals surface area (Å²) in [5.41, 5.74) is 11.1. The molecular formula is C23H19N5O2S2. The number of rotatable bonds is 5. The molecule has 2 heterocycles. The van der Waals surface area contributed by atoms with Crippen LogP contribution in [0.25, 0.3) is 16.9 Å². The summed E-state index contributed by atoms with van der Waals surface area (Å²) in [5, 5.41) is 15.0. The van der Waals surface area contributed by atoms with Crippen LogP contribution in [0.15, 0.2) is 64.9 Å². The molecule has 7 nitrogen and oxygen atoms in total. The van der Waals surface area contributed by atoms with Crippen LogP contribution in [-0.2, 0) is 12.8 Å². The summed E-state index contributed by atoms with van der Waals surface area (Å²) < 4.78 is 1.75. The van der Waals surface area contributed by atoms with Crippen LogP contribution in [-0.4, -0.2) is 21.6 Å². The van der Waals surface area contributed by atoms with Gasteiger partial charge in [-0.3, -0.25) is 14.7 Å². The Balaban J connectivity index is 1.62. The third-order valence-electron chi connectivity index (χ3n) is 5.45. The Morgan fingerprint density at radius 1 is 1.09 bits per heavy atom. The second-order valence-corrected chi connectivity index (χ2v) is 9.02. The van der Waals surface area contributed by atoms with Crippen molar-refractivity contribution in [3.05, 3.63) is 81.7 Å². The van der Waals surface area contributed by atoms with E-state index in [0.29, 0.717) is 17.0 Å². The molecule has 5 rings (SSSR count). The highest BCUT2D eigenvalue weighted by Gasteiger charge is 2.28. The zero-order valence-electron chi connectivity index (χ0n) is 16.9. The third kappa shape index (κ3) is 3.60. The molecule has 0 saturated heterocycles. The van der Waals surface area contributed by atoms with Crippen molar-refractivity contribution < 1.29 is 9.59 Å². The maximum absolute atomic E-state index is 12.5. The van der Waals surface area contributed by atoms with E-state index in [1.54, 1.807) is 10.7 Å². The summed E-state index contributed by atoms with van der Waals surface area (Å²) >= 11 is 2.55. The Morgan fingerprint density at radius 2 is 1.91 bits per heavy atom. The van der Waals surface area contributed by atoms with Crippen LogP contribution < -0.4 is 16.2 Å². The van der Waals surface area contributed by atoms with Gasteiger partial charge in [-0.2, -0.15) is 5.10 Å². The fourth-order valence-corrected chi connectivity index (χ4v) is 4.88. The van der Waals surface area contributed by atoms with Crippen molar-refractivity contribution in [3.8, 4) is 16.9 Å². The van der Waals surface area contributed by atoms with Crippen molar-refractivity contribution in [2.45, 2.75) is 17.7 Å². The lowest BCUT2D eigenvalue weighted by molar-refractivity contribution is 0.0992. The fourth-order valence-electron chi connectivity index (χ4n) is 3.97. The van der Waals surface area contributed by atoms with E-state index in [1.807, 2.05) is 53.9 Å². The van der Waals surface area contributed by atoms with Crippen molar-refractivity contribution in [2.24, 2.45) is 10.9 Å². The molecule has 160 valence electrons. The SMILES string of the molecule is NSc1ccc(-n2nc(C(N)=O)c3c2-c2cc(NC(=O)c4cccs4)ccc2CC3)cc1. The van der Waals surface area contributed by atoms with Crippen molar-refractivity contribution in [1.29, 1.82) is 0 Å². The Labute approximate surface area is 192 Å². The number of carbonyl (C=O) groups excluding carboxylic acids is 2. The minimum Gasteiger partial charge on any atom is -0.364 e. The van der Waals surface area contributed by atoms with Gasteiger partial charge in [-0.15, -0.1) is 11.3 Å². The Bertz CT molecular complexity index is 1330. The van der Waals surface area contributed by atoms with E-state index < -0.39 is 5.91 Å². The number of anilines is 1. The fraction of sp³-hybridized carbons (Fsp3) is 0.0870. The van der Waals surface area contributed by atoms with Crippen LogP contribution in [0.4, 0.5) is 5.69 Å². The molecule has 0 spiro atoms. The van der Waals surface area contributed by atoms with Crippen LogP contribution in [0.3, 0.4) is 0 Å². The largest absolute Gasteiger partial charge is 0.364 e. The number of aromatic nitrogens is 2. The number of hydrogen-bond donors (Lipinski definition) is 3. The predicted octanol–water partition coefficient (Wildman–Crippen LogP) is 4.02. The molecule has 9 heteroatoms. The lowest BCUT2D eigenvalue weighted by atomic mass is 9.88. The molecule has 4 aromatic rings. The van der Waals surface area contributed by atoms with Gasteiger partial charge in [0, 0.05) is 21.7 Å². The van der Waals surface area contributed by atoms with Crippen LogP contribution in [0.1, 0.15) is 31.3 Å². The molecule has 0 fully saturated rings. The summed E-state index contributed by atoms with van der Waals surface area (Å²) in [6.07, 6.45) is 1.43. The molecule has 0 atom stereocenters. The highest BCUT2D eigenvalue weighted by molar-refractivity contribution is 7.97. The zero-order valence-corrected chi connectivity index (χ0v) is 18.5. The number of fused-ring (bicyclic) bond motifs is 3. The number of nitrogens with one attached hydrogen (secondary N) is 1. The van der Waals surface area contributed by atoms with Crippen LogP contribution in [0.2, 0.25) is 0 Å². The number of nitrogens with zero attached hydrogens (tertiary/aromatic N) is 2. The summed E-state index contributed by atoms with van der Waals surface area (Å²) in [7, 11) is 0. The van der Waals surface area contributed by atoms with E-state index in [4.69, 9.17) is 10.9 Å². The molecule has 2 aromatic heterocycles. The summed E-state index contributed by atoms with van der Waals surface area (Å²) in [6.45, 7) is 0. The Morgan fingerprint density at radius 3 is 2.59 bits per heavy atom. The minimum atomic E-state index is -0.556. The van der Waals surface area contributed by atoms with Gasteiger partial charge in [0.2, 0.25) is 0 Å². The zero-order chi connectivity index (χ0) is 22.2. The molecule has 32 heavy (non-hydrogen) atoms. The highest BCUT2D eigenvalue weighted by Crippen LogP contribution is 2.38. The van der Waals surface area contributed by atoms with Crippen molar-refractivity contribution in [3.63, 3.8) is 0 Å². The quantitative estimate of drug-likeness (QED) is 0.388. The lowest BCUT2D eigenvalue weighted by Crippen LogP contribution is -2.15. The number of carbonyl (C=O) groups is 2. The number of thiophene rings is 1. The first-order valence-electron chi connectivity index (χ1n) is 9.92. The van der Waals surface area contributed by atoms with Gasteiger partial charge < -0.3 is 11.1 Å². The molecule has 0 bridgehead atoms. The van der Waals surface area contributed by atoms with E-state index in [0.717, 1.165) is 51.3 Å². The summed E-state index contributed by atoms with van der Waals surface area (Å²) in [5.74, 6) is -0.711. The van der Waals surface area contributed by atoms with E-state index in [-0.39, 0.29) is 11.6 Å². The van der Waals surface area contributed by atoms with Gasteiger partial charge in [-0.25, -0.2) is 4.68 Å². The van der Waals surface area contributed by atoms with Crippen LogP contribution >= 0.6 is 23.3 Å².